The Morgan fingerprint density at radius 2 is 1.82 bits per heavy atom. The molecule has 1 aliphatic heterocycles. The maximum atomic E-state index is 13.6. The fourth-order valence-corrected chi connectivity index (χ4v) is 3.20. The highest BCUT2D eigenvalue weighted by Crippen LogP contribution is 2.39. The van der Waals surface area contributed by atoms with E-state index in [1.54, 1.807) is 5.32 Å². The molecule has 1 saturated heterocycles. The van der Waals surface area contributed by atoms with Gasteiger partial charge >= 0.3 is 12.4 Å². The van der Waals surface area contributed by atoms with Crippen molar-refractivity contribution < 1.29 is 54.2 Å². The number of hydrogen-bond acceptors (Lipinski definition) is 5. The van der Waals surface area contributed by atoms with E-state index in [0.29, 0.717) is 6.07 Å². The molecule has 34 heavy (non-hydrogen) atoms. The van der Waals surface area contributed by atoms with Gasteiger partial charge in [0.2, 0.25) is 5.91 Å². The SMILES string of the molecule is NC(=O)[C@@H](C(=O)Nc1ccc(N2CCOCC2=O)c(C(F)(F)F)c1)N(CC(F)F)CC(F)(F)F. The van der Waals surface area contributed by atoms with Gasteiger partial charge in [0.05, 0.1) is 30.9 Å². The van der Waals surface area contributed by atoms with Gasteiger partial charge in [-0.25, -0.2) is 8.78 Å². The van der Waals surface area contributed by atoms with E-state index in [9.17, 15) is 49.5 Å². The molecule has 0 spiro atoms. The monoisotopic (exact) mass is 506 g/mol. The first kappa shape index (κ1) is 27.2. The highest BCUT2D eigenvalue weighted by atomic mass is 19.4. The molecule has 0 aromatic heterocycles. The number of primary amides is 1. The number of nitrogens with two attached hydrogens (primary N) is 1. The summed E-state index contributed by atoms with van der Waals surface area (Å²) in [7, 11) is 0. The fraction of sp³-hybridized carbons (Fsp3) is 0.500. The van der Waals surface area contributed by atoms with Gasteiger partial charge in [-0.3, -0.25) is 19.3 Å². The Labute approximate surface area is 186 Å². The van der Waals surface area contributed by atoms with Gasteiger partial charge in [-0.1, -0.05) is 0 Å². The van der Waals surface area contributed by atoms with E-state index < -0.39 is 79.2 Å². The molecule has 2 rings (SSSR count). The molecule has 1 aromatic rings. The minimum absolute atomic E-state index is 0.0407. The summed E-state index contributed by atoms with van der Waals surface area (Å²) in [6.45, 7) is -4.47. The number of ether oxygens (including phenoxy) is 1. The lowest BCUT2D eigenvalue weighted by molar-refractivity contribution is -0.160. The first-order chi connectivity index (χ1) is 15.6. The summed E-state index contributed by atoms with van der Waals surface area (Å²) >= 11 is 0. The van der Waals surface area contributed by atoms with Crippen molar-refractivity contribution in [2.45, 2.75) is 24.8 Å². The molecule has 1 aliphatic rings. The van der Waals surface area contributed by atoms with Crippen molar-refractivity contribution in [1.82, 2.24) is 4.90 Å². The number of halogens is 8. The van der Waals surface area contributed by atoms with Crippen molar-refractivity contribution in [2.75, 3.05) is 43.1 Å². The molecule has 1 fully saturated rings. The number of carbonyl (C=O) groups excluding carboxylic acids is 3. The highest BCUT2D eigenvalue weighted by molar-refractivity contribution is 6.09. The number of carbonyl (C=O) groups is 3. The van der Waals surface area contributed by atoms with Crippen LogP contribution in [0.1, 0.15) is 5.56 Å². The molecule has 16 heteroatoms. The minimum Gasteiger partial charge on any atom is -0.370 e. The number of amides is 3. The summed E-state index contributed by atoms with van der Waals surface area (Å²) in [5.41, 5.74) is 2.36. The molecule has 3 N–H and O–H groups in total. The Hall–Kier alpha value is -3.01. The smallest absolute Gasteiger partial charge is 0.370 e. The maximum absolute atomic E-state index is 13.6. The van der Waals surface area contributed by atoms with Gasteiger partial charge in [0, 0.05) is 12.2 Å². The van der Waals surface area contributed by atoms with Gasteiger partial charge in [-0.2, -0.15) is 26.3 Å². The second-order valence-electron chi connectivity index (χ2n) is 7.06. The van der Waals surface area contributed by atoms with Gasteiger partial charge < -0.3 is 20.7 Å². The molecule has 1 aromatic carbocycles. The summed E-state index contributed by atoms with van der Waals surface area (Å²) in [6.07, 6.45) is -13.5. The van der Waals surface area contributed by atoms with Crippen molar-refractivity contribution in [3.63, 3.8) is 0 Å². The normalized spacial score (nSPS) is 16.2. The molecule has 0 aliphatic carbocycles. The van der Waals surface area contributed by atoms with E-state index >= 15 is 0 Å². The molecule has 0 saturated carbocycles. The van der Waals surface area contributed by atoms with Crippen LogP contribution in [-0.2, 0) is 25.3 Å². The number of nitrogens with one attached hydrogen (secondary N) is 1. The Kier molecular flexibility index (Phi) is 8.41. The number of alkyl halides is 8. The van der Waals surface area contributed by atoms with Crippen LogP contribution in [0.4, 0.5) is 46.5 Å². The Balaban J connectivity index is 2.38. The van der Waals surface area contributed by atoms with Crippen LogP contribution in [0.15, 0.2) is 18.2 Å². The van der Waals surface area contributed by atoms with Gasteiger partial charge in [0.1, 0.15) is 6.61 Å². The Morgan fingerprint density at radius 1 is 1.18 bits per heavy atom. The second-order valence-corrected chi connectivity index (χ2v) is 7.06. The zero-order valence-corrected chi connectivity index (χ0v) is 17.1. The van der Waals surface area contributed by atoms with Crippen molar-refractivity contribution in [1.29, 1.82) is 0 Å². The first-order valence-electron chi connectivity index (χ1n) is 9.38. The van der Waals surface area contributed by atoms with Crippen molar-refractivity contribution in [3.05, 3.63) is 23.8 Å². The lowest BCUT2D eigenvalue weighted by atomic mass is 10.1. The molecular formula is C18H18F8N4O4. The van der Waals surface area contributed by atoms with Crippen LogP contribution in [-0.4, -0.2) is 74.1 Å². The van der Waals surface area contributed by atoms with E-state index in [1.807, 2.05) is 0 Å². The summed E-state index contributed by atoms with van der Waals surface area (Å²) in [6, 6.07) is -0.460. The third-order valence-electron chi connectivity index (χ3n) is 4.48. The van der Waals surface area contributed by atoms with E-state index in [2.05, 4.69) is 0 Å². The number of anilines is 2. The predicted octanol–water partition coefficient (Wildman–Crippen LogP) is 1.99. The molecule has 8 nitrogen and oxygen atoms in total. The van der Waals surface area contributed by atoms with Crippen molar-refractivity contribution in [2.24, 2.45) is 5.73 Å². The first-order valence-corrected chi connectivity index (χ1v) is 9.38. The average Bonchev–Trinajstić information content (AvgIpc) is 2.65. The third kappa shape index (κ3) is 7.24. The molecule has 3 amide bonds. The van der Waals surface area contributed by atoms with Crippen LogP contribution in [0.3, 0.4) is 0 Å². The number of hydrogen-bond donors (Lipinski definition) is 2. The number of morpholine rings is 1. The predicted molar refractivity (Wildman–Crippen MR) is 99.9 cm³/mol. The summed E-state index contributed by atoms with van der Waals surface area (Å²) in [5.74, 6) is -4.15. The number of benzene rings is 1. The Morgan fingerprint density at radius 3 is 2.32 bits per heavy atom. The van der Waals surface area contributed by atoms with Crippen molar-refractivity contribution in [3.8, 4) is 0 Å². The Bertz CT molecular complexity index is 922. The minimum atomic E-state index is -5.10. The van der Waals surface area contributed by atoms with E-state index in [1.165, 1.54) is 0 Å². The number of nitrogens with zero attached hydrogens (tertiary/aromatic N) is 2. The fourth-order valence-electron chi connectivity index (χ4n) is 3.20. The van der Waals surface area contributed by atoms with Gasteiger partial charge in [-0.05, 0) is 18.2 Å². The molecule has 1 atom stereocenters. The van der Waals surface area contributed by atoms with Gasteiger partial charge in [0.15, 0.2) is 6.04 Å². The number of rotatable bonds is 8. The second kappa shape index (κ2) is 10.5. The zero-order valence-electron chi connectivity index (χ0n) is 17.1. The van der Waals surface area contributed by atoms with Crippen LogP contribution < -0.4 is 16.0 Å². The summed E-state index contributed by atoms with van der Waals surface area (Å²) in [5, 5.41) is 1.79. The van der Waals surface area contributed by atoms with E-state index in [-0.39, 0.29) is 18.1 Å². The highest BCUT2D eigenvalue weighted by Gasteiger charge is 2.41. The van der Waals surface area contributed by atoms with Crippen molar-refractivity contribution >= 4 is 29.1 Å². The topological polar surface area (TPSA) is 105 Å². The molecule has 1 heterocycles. The quantitative estimate of drug-likeness (QED) is 0.415. The lowest BCUT2D eigenvalue weighted by Gasteiger charge is -2.30. The average molecular weight is 506 g/mol. The van der Waals surface area contributed by atoms with Crippen LogP contribution in [0.5, 0.6) is 0 Å². The molecule has 190 valence electrons. The molecule has 0 radical (unpaired) electrons. The molecule has 0 unspecified atom stereocenters. The zero-order chi connectivity index (χ0) is 25.8. The lowest BCUT2D eigenvalue weighted by Crippen LogP contribution is -2.55. The third-order valence-corrected chi connectivity index (χ3v) is 4.48. The molecular weight excluding hydrogens is 488 g/mol. The molecule has 0 bridgehead atoms. The summed E-state index contributed by atoms with van der Waals surface area (Å²) in [4.78, 5) is 36.6. The largest absolute Gasteiger partial charge is 0.418 e. The van der Waals surface area contributed by atoms with Crippen LogP contribution in [0.25, 0.3) is 0 Å². The van der Waals surface area contributed by atoms with E-state index in [4.69, 9.17) is 10.5 Å². The van der Waals surface area contributed by atoms with Crippen LogP contribution >= 0.6 is 0 Å². The van der Waals surface area contributed by atoms with Gasteiger partial charge in [0.25, 0.3) is 18.2 Å². The van der Waals surface area contributed by atoms with Crippen LogP contribution in [0.2, 0.25) is 0 Å². The summed E-state index contributed by atoms with van der Waals surface area (Å²) < 4.78 is 110. The maximum Gasteiger partial charge on any atom is 0.418 e. The van der Waals surface area contributed by atoms with Gasteiger partial charge in [-0.15, -0.1) is 0 Å². The van der Waals surface area contributed by atoms with E-state index in [0.717, 1.165) is 17.0 Å². The van der Waals surface area contributed by atoms with Crippen LogP contribution in [0, 0.1) is 0 Å². The standard InChI is InChI=1S/C18H18F8N4O4/c19-12(20)6-29(8-17(21,22)23)14(15(27)32)16(33)28-9-1-2-11(10(5-9)18(24,25)26)30-3-4-34-7-13(30)31/h1-2,5,12,14H,3-4,6-8H2,(H2,27,32)(H,28,33)/t14-/m0/s1.